The maximum atomic E-state index is 12.4. The van der Waals surface area contributed by atoms with E-state index in [0.29, 0.717) is 16.7 Å². The van der Waals surface area contributed by atoms with Crippen LogP contribution in [0.4, 0.5) is 11.1 Å². The first-order valence-electron chi connectivity index (χ1n) is 6.20. The number of hydrogen-bond acceptors (Lipinski definition) is 7. The van der Waals surface area contributed by atoms with Crippen LogP contribution in [0.3, 0.4) is 0 Å². The third kappa shape index (κ3) is 3.10. The lowest BCUT2D eigenvalue weighted by atomic mass is 10.2. The van der Waals surface area contributed by atoms with Gasteiger partial charge >= 0.3 is 0 Å². The summed E-state index contributed by atoms with van der Waals surface area (Å²) in [5, 5.41) is 13.7. The molecule has 0 aliphatic heterocycles. The number of carbonyl (C=O) groups excluding carboxylic acids is 1. The Morgan fingerprint density at radius 2 is 2.35 bits per heavy atom. The number of thioether (sulfide) groups is 1. The molecule has 0 fully saturated rings. The van der Waals surface area contributed by atoms with E-state index in [1.807, 2.05) is 19.2 Å². The Bertz CT molecular complexity index is 567. The monoisotopic (exact) mass is 312 g/mol. The number of nitrogens with one attached hydrogen (secondary N) is 1. The second-order valence-corrected chi connectivity index (χ2v) is 6.02. The molecule has 1 unspecified atom stereocenters. The Labute approximate surface area is 125 Å². The summed E-state index contributed by atoms with van der Waals surface area (Å²) in [6, 6.07) is -0.442. The van der Waals surface area contributed by atoms with Crippen LogP contribution in [0, 0.1) is 0 Å². The number of carbonyl (C=O) groups is 1. The normalized spacial score (nSPS) is 12.3. The van der Waals surface area contributed by atoms with Crippen molar-refractivity contribution in [2.24, 2.45) is 0 Å². The zero-order valence-electron chi connectivity index (χ0n) is 11.2. The van der Waals surface area contributed by atoms with Gasteiger partial charge in [0.1, 0.15) is 6.04 Å². The lowest BCUT2D eigenvalue weighted by molar-refractivity contribution is -0.119. The van der Waals surface area contributed by atoms with Crippen molar-refractivity contribution in [1.82, 2.24) is 19.7 Å². The third-order valence-electron chi connectivity index (χ3n) is 2.63. The fourth-order valence-electron chi connectivity index (χ4n) is 1.77. The Morgan fingerprint density at radius 1 is 1.55 bits per heavy atom. The molecule has 2 aromatic rings. The van der Waals surface area contributed by atoms with Crippen LogP contribution in [-0.4, -0.2) is 31.4 Å². The Balaban J connectivity index is 2.23. The van der Waals surface area contributed by atoms with Crippen molar-refractivity contribution in [3.8, 4) is 0 Å². The van der Waals surface area contributed by atoms with Gasteiger partial charge in [-0.25, -0.2) is 4.98 Å². The van der Waals surface area contributed by atoms with E-state index in [1.165, 1.54) is 23.1 Å². The zero-order valence-corrected chi connectivity index (χ0v) is 12.9. The molecule has 1 atom stereocenters. The number of anilines is 2. The molecule has 0 saturated heterocycles. The fourth-order valence-corrected chi connectivity index (χ4v) is 3.02. The van der Waals surface area contributed by atoms with Crippen molar-refractivity contribution in [1.29, 1.82) is 0 Å². The molecular weight excluding hydrogens is 296 g/mol. The summed E-state index contributed by atoms with van der Waals surface area (Å²) in [6.45, 7) is 3.93. The van der Waals surface area contributed by atoms with E-state index in [1.54, 1.807) is 10.8 Å². The fraction of sp³-hybridized carbons (Fsp3) is 0.455. The molecule has 0 aromatic carbocycles. The molecule has 3 N–H and O–H groups in total. The highest BCUT2D eigenvalue weighted by atomic mass is 32.2. The lowest BCUT2D eigenvalue weighted by Crippen LogP contribution is -2.27. The number of thiazole rings is 1. The number of aromatic nitrogens is 4. The average molecular weight is 312 g/mol. The zero-order chi connectivity index (χ0) is 14.5. The van der Waals surface area contributed by atoms with E-state index in [-0.39, 0.29) is 11.9 Å². The number of hydrogen-bond donors (Lipinski definition) is 2. The summed E-state index contributed by atoms with van der Waals surface area (Å²) in [5.41, 5.74) is 5.84. The number of amides is 1. The van der Waals surface area contributed by atoms with E-state index in [4.69, 9.17) is 5.73 Å². The van der Waals surface area contributed by atoms with E-state index >= 15 is 0 Å². The van der Waals surface area contributed by atoms with Crippen molar-refractivity contribution in [2.75, 3.05) is 16.8 Å². The van der Waals surface area contributed by atoms with Gasteiger partial charge in [-0.15, -0.1) is 21.5 Å². The van der Waals surface area contributed by atoms with Gasteiger partial charge in [-0.2, -0.15) is 0 Å². The molecule has 108 valence electrons. The van der Waals surface area contributed by atoms with Crippen LogP contribution >= 0.6 is 23.1 Å². The smallest absolute Gasteiger partial charge is 0.249 e. The number of nitrogens with two attached hydrogens (primary N) is 1. The molecule has 2 heterocycles. The number of nitrogens with zero attached hydrogens (tertiary/aromatic N) is 4. The highest BCUT2D eigenvalue weighted by molar-refractivity contribution is 7.99. The van der Waals surface area contributed by atoms with Crippen LogP contribution in [0.1, 0.15) is 26.3 Å². The molecule has 2 aromatic heterocycles. The molecule has 0 aliphatic rings. The molecule has 0 spiro atoms. The van der Waals surface area contributed by atoms with Crippen LogP contribution < -0.4 is 11.1 Å². The first kappa shape index (κ1) is 14.8. The number of nitrogen functional groups attached to an aromatic ring is 1. The van der Waals surface area contributed by atoms with Gasteiger partial charge in [0, 0.05) is 11.6 Å². The first-order valence-corrected chi connectivity index (χ1v) is 8.07. The lowest BCUT2D eigenvalue weighted by Gasteiger charge is -2.18. The standard InChI is InChI=1S/C11H16N6OS2/c1-3-7(8(18)14-10-13-5-6-20-10)17-9(12)15-16-11(17)19-4-2/h5-7H,3-4H2,1-2H3,(H2,12,15)(H,13,14,18). The topological polar surface area (TPSA) is 98.7 Å². The van der Waals surface area contributed by atoms with Crippen LogP contribution in [0.25, 0.3) is 0 Å². The molecule has 9 heteroatoms. The van der Waals surface area contributed by atoms with Gasteiger partial charge in [-0.1, -0.05) is 25.6 Å². The molecule has 7 nitrogen and oxygen atoms in total. The van der Waals surface area contributed by atoms with Crippen molar-refractivity contribution in [2.45, 2.75) is 31.5 Å². The highest BCUT2D eigenvalue weighted by Crippen LogP contribution is 2.26. The SMILES string of the molecule is CCSc1nnc(N)n1C(CC)C(=O)Nc1nccs1. The van der Waals surface area contributed by atoms with Gasteiger partial charge in [0.15, 0.2) is 10.3 Å². The largest absolute Gasteiger partial charge is 0.368 e. The van der Waals surface area contributed by atoms with Gasteiger partial charge in [-0.05, 0) is 12.2 Å². The minimum Gasteiger partial charge on any atom is -0.368 e. The van der Waals surface area contributed by atoms with Gasteiger partial charge in [0.2, 0.25) is 11.9 Å². The molecular formula is C11H16N6OS2. The molecule has 0 radical (unpaired) electrons. The minimum atomic E-state index is -0.442. The Hall–Kier alpha value is -1.61. The van der Waals surface area contributed by atoms with E-state index in [0.717, 1.165) is 5.75 Å². The van der Waals surface area contributed by atoms with Crippen LogP contribution in [-0.2, 0) is 4.79 Å². The van der Waals surface area contributed by atoms with Crippen molar-refractivity contribution in [3.05, 3.63) is 11.6 Å². The van der Waals surface area contributed by atoms with Gasteiger partial charge in [-0.3, -0.25) is 9.36 Å². The quantitative estimate of drug-likeness (QED) is 0.792. The van der Waals surface area contributed by atoms with Gasteiger partial charge in [0.05, 0.1) is 0 Å². The number of rotatable bonds is 6. The highest BCUT2D eigenvalue weighted by Gasteiger charge is 2.25. The van der Waals surface area contributed by atoms with E-state index < -0.39 is 6.04 Å². The summed E-state index contributed by atoms with van der Waals surface area (Å²) in [6.07, 6.45) is 2.24. The molecule has 0 bridgehead atoms. The molecule has 0 aliphatic carbocycles. The molecule has 2 rings (SSSR count). The summed E-state index contributed by atoms with van der Waals surface area (Å²) >= 11 is 2.88. The summed E-state index contributed by atoms with van der Waals surface area (Å²) in [7, 11) is 0. The Kier molecular flexibility index (Phi) is 4.96. The maximum absolute atomic E-state index is 12.4. The van der Waals surface area contributed by atoms with Crippen LogP contribution in [0.5, 0.6) is 0 Å². The predicted octanol–water partition coefficient (Wildman–Crippen LogP) is 2.02. The van der Waals surface area contributed by atoms with E-state index in [2.05, 4.69) is 20.5 Å². The molecule has 20 heavy (non-hydrogen) atoms. The van der Waals surface area contributed by atoms with Gasteiger partial charge < -0.3 is 11.1 Å². The van der Waals surface area contributed by atoms with Crippen molar-refractivity contribution in [3.63, 3.8) is 0 Å². The Morgan fingerprint density at radius 3 is 2.95 bits per heavy atom. The minimum absolute atomic E-state index is 0.160. The van der Waals surface area contributed by atoms with Crippen molar-refractivity contribution < 1.29 is 4.79 Å². The predicted molar refractivity (Wildman–Crippen MR) is 80.9 cm³/mol. The first-order chi connectivity index (χ1) is 9.67. The van der Waals surface area contributed by atoms with Crippen LogP contribution in [0.15, 0.2) is 16.7 Å². The van der Waals surface area contributed by atoms with Crippen LogP contribution in [0.2, 0.25) is 0 Å². The average Bonchev–Trinajstić information content (AvgIpc) is 3.04. The van der Waals surface area contributed by atoms with Crippen molar-refractivity contribution >= 4 is 40.1 Å². The van der Waals surface area contributed by atoms with Gasteiger partial charge in [0.25, 0.3) is 0 Å². The maximum Gasteiger partial charge on any atom is 0.249 e. The molecule has 0 saturated carbocycles. The third-order valence-corrected chi connectivity index (χ3v) is 4.14. The summed E-state index contributed by atoms with van der Waals surface area (Å²) in [5.74, 6) is 0.928. The van der Waals surface area contributed by atoms with E-state index in [9.17, 15) is 4.79 Å². The summed E-state index contributed by atoms with van der Waals surface area (Å²) in [4.78, 5) is 16.4. The molecule has 1 amide bonds. The second-order valence-electron chi connectivity index (χ2n) is 3.89. The summed E-state index contributed by atoms with van der Waals surface area (Å²) < 4.78 is 1.68. The second kappa shape index (κ2) is 6.71.